The second kappa shape index (κ2) is 7.66. The van der Waals surface area contributed by atoms with Gasteiger partial charge in [-0.3, -0.25) is 4.79 Å². The van der Waals surface area contributed by atoms with Crippen molar-refractivity contribution in [1.29, 1.82) is 0 Å². The largest absolute Gasteiger partial charge is 0.349 e. The van der Waals surface area contributed by atoms with Crippen LogP contribution in [0.3, 0.4) is 0 Å². The standard InChI is InChI=1S/C20H20N4OS/c25-19(21-13-18-22-14-7-1-2-8-15(14)23-18)11-5-6-12-20-24-16-9-3-4-10-17(16)26-20/h1-4,7-10H,5-6,11-13H2,(H,21,25)(H,22,23). The molecule has 0 spiro atoms. The van der Waals surface area contributed by atoms with Crippen molar-refractivity contribution < 1.29 is 4.79 Å². The summed E-state index contributed by atoms with van der Waals surface area (Å²) in [6.07, 6.45) is 3.29. The topological polar surface area (TPSA) is 70.7 Å². The number of hydrogen-bond donors (Lipinski definition) is 2. The minimum Gasteiger partial charge on any atom is -0.349 e. The number of rotatable bonds is 7. The Kier molecular flexibility index (Phi) is 4.93. The van der Waals surface area contributed by atoms with Gasteiger partial charge in [0.05, 0.1) is 32.8 Å². The number of benzene rings is 2. The molecule has 0 atom stereocenters. The number of aromatic amines is 1. The van der Waals surface area contributed by atoms with Crippen LogP contribution in [0.25, 0.3) is 21.3 Å². The average molecular weight is 364 g/mol. The normalized spacial score (nSPS) is 11.2. The monoisotopic (exact) mass is 364 g/mol. The molecule has 2 aromatic carbocycles. The van der Waals surface area contributed by atoms with Gasteiger partial charge in [-0.1, -0.05) is 24.3 Å². The third-order valence-corrected chi connectivity index (χ3v) is 5.37. The third-order valence-electron chi connectivity index (χ3n) is 4.27. The van der Waals surface area contributed by atoms with Gasteiger partial charge in [0.2, 0.25) is 5.91 Å². The van der Waals surface area contributed by atoms with E-state index in [2.05, 4.69) is 26.3 Å². The van der Waals surface area contributed by atoms with E-state index >= 15 is 0 Å². The van der Waals surface area contributed by atoms with Gasteiger partial charge < -0.3 is 10.3 Å². The Hall–Kier alpha value is -2.73. The molecule has 6 heteroatoms. The molecule has 2 heterocycles. The summed E-state index contributed by atoms with van der Waals surface area (Å²) in [5, 5.41) is 4.08. The molecule has 1 amide bonds. The highest BCUT2D eigenvalue weighted by Gasteiger charge is 2.06. The molecule has 0 radical (unpaired) electrons. The van der Waals surface area contributed by atoms with Crippen LogP contribution in [-0.4, -0.2) is 20.9 Å². The molecule has 26 heavy (non-hydrogen) atoms. The van der Waals surface area contributed by atoms with Crippen LogP contribution >= 0.6 is 11.3 Å². The predicted molar refractivity (Wildman–Crippen MR) is 105 cm³/mol. The third kappa shape index (κ3) is 3.91. The second-order valence-corrected chi connectivity index (χ2v) is 7.38. The Morgan fingerprint density at radius 2 is 1.81 bits per heavy atom. The van der Waals surface area contributed by atoms with E-state index in [0.717, 1.165) is 46.6 Å². The van der Waals surface area contributed by atoms with E-state index in [0.29, 0.717) is 13.0 Å². The van der Waals surface area contributed by atoms with Gasteiger partial charge in [0, 0.05) is 6.42 Å². The van der Waals surface area contributed by atoms with Crippen molar-refractivity contribution in [2.75, 3.05) is 0 Å². The fraction of sp³-hybridized carbons (Fsp3) is 0.250. The van der Waals surface area contributed by atoms with Crippen molar-refractivity contribution in [2.45, 2.75) is 32.2 Å². The second-order valence-electron chi connectivity index (χ2n) is 6.26. The fourth-order valence-electron chi connectivity index (χ4n) is 2.95. The van der Waals surface area contributed by atoms with Crippen LogP contribution < -0.4 is 5.32 Å². The highest BCUT2D eigenvalue weighted by atomic mass is 32.1. The van der Waals surface area contributed by atoms with Crippen molar-refractivity contribution in [3.63, 3.8) is 0 Å². The lowest BCUT2D eigenvalue weighted by atomic mass is 10.2. The van der Waals surface area contributed by atoms with E-state index in [4.69, 9.17) is 0 Å². The molecule has 4 rings (SSSR count). The zero-order valence-corrected chi connectivity index (χ0v) is 15.2. The molecule has 0 aliphatic carbocycles. The highest BCUT2D eigenvalue weighted by Crippen LogP contribution is 2.22. The Morgan fingerprint density at radius 1 is 1.00 bits per heavy atom. The maximum absolute atomic E-state index is 12.0. The zero-order chi connectivity index (χ0) is 17.8. The molecule has 0 unspecified atom stereocenters. The van der Waals surface area contributed by atoms with Crippen LogP contribution in [-0.2, 0) is 17.8 Å². The van der Waals surface area contributed by atoms with Crippen molar-refractivity contribution >= 4 is 38.5 Å². The van der Waals surface area contributed by atoms with E-state index in [1.807, 2.05) is 42.5 Å². The lowest BCUT2D eigenvalue weighted by Gasteiger charge is -2.02. The number of unbranched alkanes of at least 4 members (excludes halogenated alkanes) is 1. The van der Waals surface area contributed by atoms with Crippen LogP contribution in [0.1, 0.15) is 30.1 Å². The number of fused-ring (bicyclic) bond motifs is 2. The van der Waals surface area contributed by atoms with E-state index in [1.54, 1.807) is 11.3 Å². The van der Waals surface area contributed by atoms with Crippen LogP contribution in [0.4, 0.5) is 0 Å². The number of carbonyl (C=O) groups excluding carboxylic acids is 1. The molecular weight excluding hydrogens is 344 g/mol. The van der Waals surface area contributed by atoms with Crippen LogP contribution in [0.15, 0.2) is 48.5 Å². The smallest absolute Gasteiger partial charge is 0.220 e. The average Bonchev–Trinajstić information content (AvgIpc) is 3.26. The Morgan fingerprint density at radius 3 is 2.65 bits per heavy atom. The molecule has 132 valence electrons. The Balaban J connectivity index is 1.20. The number of hydrogen-bond acceptors (Lipinski definition) is 4. The van der Waals surface area contributed by atoms with Crippen molar-refractivity contribution in [3.05, 3.63) is 59.4 Å². The number of para-hydroxylation sites is 3. The number of aryl methyl sites for hydroxylation is 1. The number of nitrogens with one attached hydrogen (secondary N) is 2. The number of H-pyrrole nitrogens is 1. The van der Waals surface area contributed by atoms with Crippen LogP contribution in [0, 0.1) is 0 Å². The molecule has 5 nitrogen and oxygen atoms in total. The van der Waals surface area contributed by atoms with Gasteiger partial charge in [-0.15, -0.1) is 11.3 Å². The molecule has 0 saturated carbocycles. The van der Waals surface area contributed by atoms with E-state index in [-0.39, 0.29) is 5.91 Å². The summed E-state index contributed by atoms with van der Waals surface area (Å²) in [6.45, 7) is 0.436. The molecule has 0 aliphatic heterocycles. The Labute approximate surface area is 155 Å². The van der Waals surface area contributed by atoms with E-state index < -0.39 is 0 Å². The minimum absolute atomic E-state index is 0.0646. The molecule has 0 bridgehead atoms. The number of thiazole rings is 1. The summed E-state index contributed by atoms with van der Waals surface area (Å²) in [7, 11) is 0. The highest BCUT2D eigenvalue weighted by molar-refractivity contribution is 7.18. The number of imidazole rings is 1. The number of amides is 1. The zero-order valence-electron chi connectivity index (χ0n) is 14.4. The first-order chi connectivity index (χ1) is 12.8. The maximum Gasteiger partial charge on any atom is 0.220 e. The summed E-state index contributed by atoms with van der Waals surface area (Å²) in [6, 6.07) is 16.1. The van der Waals surface area contributed by atoms with Gasteiger partial charge in [0.15, 0.2) is 0 Å². The van der Waals surface area contributed by atoms with Crippen molar-refractivity contribution in [2.24, 2.45) is 0 Å². The first kappa shape index (κ1) is 16.7. The molecule has 0 saturated heterocycles. The minimum atomic E-state index is 0.0646. The van der Waals surface area contributed by atoms with E-state index in [9.17, 15) is 4.79 Å². The van der Waals surface area contributed by atoms with Gasteiger partial charge in [-0.2, -0.15) is 0 Å². The number of nitrogens with zero attached hydrogens (tertiary/aromatic N) is 2. The summed E-state index contributed by atoms with van der Waals surface area (Å²) in [5.41, 5.74) is 2.98. The maximum atomic E-state index is 12.0. The van der Waals surface area contributed by atoms with Gasteiger partial charge in [0.1, 0.15) is 5.82 Å². The molecule has 2 aromatic heterocycles. The summed E-state index contributed by atoms with van der Waals surface area (Å²) in [4.78, 5) is 24.3. The molecule has 0 aliphatic rings. The lowest BCUT2D eigenvalue weighted by molar-refractivity contribution is -0.121. The van der Waals surface area contributed by atoms with Crippen LogP contribution in [0.2, 0.25) is 0 Å². The number of carbonyl (C=O) groups is 1. The quantitative estimate of drug-likeness (QED) is 0.483. The van der Waals surface area contributed by atoms with Gasteiger partial charge in [-0.05, 0) is 43.5 Å². The first-order valence-electron chi connectivity index (χ1n) is 8.83. The first-order valence-corrected chi connectivity index (χ1v) is 9.64. The molecule has 2 N–H and O–H groups in total. The molecular formula is C20H20N4OS. The molecule has 4 aromatic rings. The van der Waals surface area contributed by atoms with E-state index in [1.165, 1.54) is 4.70 Å². The summed E-state index contributed by atoms with van der Waals surface area (Å²) >= 11 is 1.74. The summed E-state index contributed by atoms with van der Waals surface area (Å²) in [5.74, 6) is 0.851. The fourth-order valence-corrected chi connectivity index (χ4v) is 3.96. The van der Waals surface area contributed by atoms with Crippen LogP contribution in [0.5, 0.6) is 0 Å². The van der Waals surface area contributed by atoms with Gasteiger partial charge in [0.25, 0.3) is 0 Å². The predicted octanol–water partition coefficient (Wildman–Crippen LogP) is 4.20. The molecule has 0 fully saturated rings. The lowest BCUT2D eigenvalue weighted by Crippen LogP contribution is -2.22. The van der Waals surface area contributed by atoms with Crippen molar-refractivity contribution in [3.8, 4) is 0 Å². The SMILES string of the molecule is O=C(CCCCc1nc2ccccc2s1)NCc1nc2ccccc2[nH]1. The van der Waals surface area contributed by atoms with Crippen molar-refractivity contribution in [1.82, 2.24) is 20.3 Å². The number of aromatic nitrogens is 3. The van der Waals surface area contributed by atoms with Gasteiger partial charge >= 0.3 is 0 Å². The van der Waals surface area contributed by atoms with Gasteiger partial charge in [-0.25, -0.2) is 9.97 Å². The Bertz CT molecular complexity index is 970. The summed E-state index contributed by atoms with van der Waals surface area (Å²) < 4.78 is 1.23.